The zero-order valence-electron chi connectivity index (χ0n) is 9.25. The maximum absolute atomic E-state index is 11.4. The van der Waals surface area contributed by atoms with E-state index in [1.165, 1.54) is 7.11 Å². The third-order valence-electron chi connectivity index (χ3n) is 2.83. The van der Waals surface area contributed by atoms with Crippen molar-refractivity contribution in [2.24, 2.45) is 5.92 Å². The highest BCUT2D eigenvalue weighted by Crippen LogP contribution is 2.18. The summed E-state index contributed by atoms with van der Waals surface area (Å²) in [6, 6.07) is 0.585. The van der Waals surface area contributed by atoms with Crippen molar-refractivity contribution >= 4 is 5.91 Å². The van der Waals surface area contributed by atoms with Crippen molar-refractivity contribution in [3.8, 4) is 0 Å². The summed E-state index contributed by atoms with van der Waals surface area (Å²) in [5.74, 6) is 0.154. The first-order valence-corrected chi connectivity index (χ1v) is 5.22. The second-order valence-corrected chi connectivity index (χ2v) is 4.07. The van der Waals surface area contributed by atoms with Crippen molar-refractivity contribution in [1.82, 2.24) is 10.4 Å². The standard InChI is InChI=1S/C10H20N2O2/c1-8(2)12-6-4-9(5-7-12)10(13)11-14-3/h8-9H,4-7H2,1-3H3,(H,11,13). The first-order chi connectivity index (χ1) is 6.65. The van der Waals surface area contributed by atoms with Gasteiger partial charge in [0.15, 0.2) is 0 Å². The quantitative estimate of drug-likeness (QED) is 0.685. The smallest absolute Gasteiger partial charge is 0.246 e. The van der Waals surface area contributed by atoms with E-state index in [1.54, 1.807) is 0 Å². The highest BCUT2D eigenvalue weighted by molar-refractivity contribution is 5.77. The van der Waals surface area contributed by atoms with Crippen LogP contribution < -0.4 is 5.48 Å². The van der Waals surface area contributed by atoms with Crippen LogP contribution in [0.5, 0.6) is 0 Å². The molecular formula is C10H20N2O2. The van der Waals surface area contributed by atoms with Gasteiger partial charge in [-0.1, -0.05) is 0 Å². The molecule has 0 atom stereocenters. The molecule has 0 radical (unpaired) electrons. The van der Waals surface area contributed by atoms with Crippen molar-refractivity contribution in [2.45, 2.75) is 32.7 Å². The van der Waals surface area contributed by atoms with E-state index in [9.17, 15) is 4.79 Å². The second-order valence-electron chi connectivity index (χ2n) is 4.07. The Morgan fingerprint density at radius 2 is 2.00 bits per heavy atom. The van der Waals surface area contributed by atoms with Crippen LogP contribution in [-0.2, 0) is 9.63 Å². The SMILES string of the molecule is CONC(=O)C1CCN(C(C)C)CC1. The molecule has 0 spiro atoms. The van der Waals surface area contributed by atoms with Crippen LogP contribution >= 0.6 is 0 Å². The zero-order chi connectivity index (χ0) is 10.6. The Kier molecular flexibility index (Phi) is 4.35. The summed E-state index contributed by atoms with van der Waals surface area (Å²) in [6.07, 6.45) is 1.88. The summed E-state index contributed by atoms with van der Waals surface area (Å²) in [6.45, 7) is 6.41. The molecule has 0 aromatic rings. The first kappa shape index (κ1) is 11.5. The van der Waals surface area contributed by atoms with E-state index in [2.05, 4.69) is 29.1 Å². The lowest BCUT2D eigenvalue weighted by molar-refractivity contribution is -0.137. The molecule has 0 aliphatic carbocycles. The number of nitrogens with zero attached hydrogens (tertiary/aromatic N) is 1. The molecular weight excluding hydrogens is 180 g/mol. The molecule has 0 saturated carbocycles. The van der Waals surface area contributed by atoms with Gasteiger partial charge in [-0.3, -0.25) is 9.63 Å². The maximum atomic E-state index is 11.4. The van der Waals surface area contributed by atoms with Crippen LogP contribution in [0.3, 0.4) is 0 Å². The van der Waals surface area contributed by atoms with Crippen molar-refractivity contribution in [3.63, 3.8) is 0 Å². The van der Waals surface area contributed by atoms with Gasteiger partial charge in [0.25, 0.3) is 0 Å². The minimum Gasteiger partial charge on any atom is -0.301 e. The molecule has 82 valence electrons. The van der Waals surface area contributed by atoms with E-state index in [-0.39, 0.29) is 11.8 Å². The van der Waals surface area contributed by atoms with Crippen LogP contribution in [0.1, 0.15) is 26.7 Å². The lowest BCUT2D eigenvalue weighted by atomic mass is 9.95. The number of likely N-dealkylation sites (tertiary alicyclic amines) is 1. The molecule has 1 amide bonds. The molecule has 0 aromatic heterocycles. The minimum atomic E-state index is 0.0240. The average Bonchev–Trinajstić information content (AvgIpc) is 2.18. The molecule has 4 heteroatoms. The van der Waals surface area contributed by atoms with Crippen LogP contribution in [0.15, 0.2) is 0 Å². The van der Waals surface area contributed by atoms with E-state index in [0.717, 1.165) is 25.9 Å². The van der Waals surface area contributed by atoms with Crippen LogP contribution in [0.25, 0.3) is 0 Å². The van der Waals surface area contributed by atoms with E-state index in [4.69, 9.17) is 0 Å². The molecule has 0 aromatic carbocycles. The van der Waals surface area contributed by atoms with Crippen LogP contribution in [0, 0.1) is 5.92 Å². The number of piperidine rings is 1. The number of hydrogen-bond acceptors (Lipinski definition) is 3. The van der Waals surface area contributed by atoms with Gasteiger partial charge in [0.2, 0.25) is 5.91 Å². The molecule has 1 aliphatic rings. The van der Waals surface area contributed by atoms with E-state index in [0.29, 0.717) is 6.04 Å². The molecule has 4 nitrogen and oxygen atoms in total. The number of hydrogen-bond donors (Lipinski definition) is 1. The lowest BCUT2D eigenvalue weighted by Gasteiger charge is -2.33. The van der Waals surface area contributed by atoms with Crippen molar-refractivity contribution in [3.05, 3.63) is 0 Å². The van der Waals surface area contributed by atoms with Gasteiger partial charge < -0.3 is 4.90 Å². The fourth-order valence-corrected chi connectivity index (χ4v) is 1.86. The van der Waals surface area contributed by atoms with Gasteiger partial charge in [-0.05, 0) is 39.8 Å². The Balaban J connectivity index is 2.31. The Morgan fingerprint density at radius 3 is 2.43 bits per heavy atom. The third kappa shape index (κ3) is 2.96. The molecule has 1 N–H and O–H groups in total. The third-order valence-corrected chi connectivity index (χ3v) is 2.83. The zero-order valence-corrected chi connectivity index (χ0v) is 9.25. The van der Waals surface area contributed by atoms with Crippen molar-refractivity contribution < 1.29 is 9.63 Å². The van der Waals surface area contributed by atoms with Gasteiger partial charge >= 0.3 is 0 Å². The average molecular weight is 200 g/mol. The summed E-state index contributed by atoms with van der Waals surface area (Å²) in [4.78, 5) is 18.4. The maximum Gasteiger partial charge on any atom is 0.246 e. The van der Waals surface area contributed by atoms with Gasteiger partial charge in [-0.2, -0.15) is 0 Å². The number of rotatable bonds is 3. The predicted molar refractivity (Wildman–Crippen MR) is 54.6 cm³/mol. The molecule has 1 fully saturated rings. The highest BCUT2D eigenvalue weighted by atomic mass is 16.6. The number of hydroxylamine groups is 1. The second kappa shape index (κ2) is 5.32. The van der Waals surface area contributed by atoms with Gasteiger partial charge in [-0.25, -0.2) is 5.48 Å². The Labute approximate surface area is 85.6 Å². The normalized spacial score (nSPS) is 20.0. The fourth-order valence-electron chi connectivity index (χ4n) is 1.86. The summed E-state index contributed by atoms with van der Waals surface area (Å²) in [5, 5.41) is 0. The topological polar surface area (TPSA) is 41.6 Å². The summed E-state index contributed by atoms with van der Waals surface area (Å²) in [7, 11) is 1.47. The molecule has 14 heavy (non-hydrogen) atoms. The van der Waals surface area contributed by atoms with Crippen LogP contribution in [0.2, 0.25) is 0 Å². The predicted octanol–water partition coefficient (Wildman–Crippen LogP) is 0.784. The van der Waals surface area contributed by atoms with Gasteiger partial charge in [-0.15, -0.1) is 0 Å². The highest BCUT2D eigenvalue weighted by Gasteiger charge is 2.25. The molecule has 1 heterocycles. The van der Waals surface area contributed by atoms with Crippen molar-refractivity contribution in [1.29, 1.82) is 0 Å². The fraction of sp³-hybridized carbons (Fsp3) is 0.900. The molecule has 1 saturated heterocycles. The summed E-state index contributed by atoms with van der Waals surface area (Å²) >= 11 is 0. The largest absolute Gasteiger partial charge is 0.301 e. The lowest BCUT2D eigenvalue weighted by Crippen LogP contribution is -2.42. The minimum absolute atomic E-state index is 0.0240. The Bertz CT molecular complexity index is 187. The Hall–Kier alpha value is -0.610. The molecule has 1 rings (SSSR count). The van der Waals surface area contributed by atoms with Crippen LogP contribution in [-0.4, -0.2) is 37.0 Å². The van der Waals surface area contributed by atoms with E-state index >= 15 is 0 Å². The summed E-state index contributed by atoms with van der Waals surface area (Å²) in [5.41, 5.74) is 2.40. The Morgan fingerprint density at radius 1 is 1.43 bits per heavy atom. The molecule has 0 unspecified atom stereocenters. The van der Waals surface area contributed by atoms with Crippen molar-refractivity contribution in [2.75, 3.05) is 20.2 Å². The van der Waals surface area contributed by atoms with E-state index < -0.39 is 0 Å². The van der Waals surface area contributed by atoms with Gasteiger partial charge in [0.05, 0.1) is 7.11 Å². The number of carbonyl (C=O) groups excluding carboxylic acids is 1. The molecule has 0 bridgehead atoms. The number of nitrogens with one attached hydrogen (secondary N) is 1. The van der Waals surface area contributed by atoms with Gasteiger partial charge in [0.1, 0.15) is 0 Å². The van der Waals surface area contributed by atoms with Gasteiger partial charge in [0, 0.05) is 12.0 Å². The summed E-state index contributed by atoms with van der Waals surface area (Å²) < 4.78 is 0. The first-order valence-electron chi connectivity index (χ1n) is 5.22. The van der Waals surface area contributed by atoms with Crippen LogP contribution in [0.4, 0.5) is 0 Å². The number of amides is 1. The number of carbonyl (C=O) groups is 1. The molecule has 1 aliphatic heterocycles. The monoisotopic (exact) mass is 200 g/mol. The van der Waals surface area contributed by atoms with E-state index in [1.807, 2.05) is 0 Å².